The van der Waals surface area contributed by atoms with Gasteiger partial charge in [-0.3, -0.25) is 4.79 Å². The summed E-state index contributed by atoms with van der Waals surface area (Å²) in [6, 6.07) is 0. The van der Waals surface area contributed by atoms with Crippen molar-refractivity contribution in [2.75, 3.05) is 0 Å². The highest BCUT2D eigenvalue weighted by Crippen LogP contribution is 2.13. The van der Waals surface area contributed by atoms with Gasteiger partial charge in [0, 0.05) is 6.42 Å². The Kier molecular flexibility index (Phi) is 19.3. The molecular formula is C25H50O2Si. The summed E-state index contributed by atoms with van der Waals surface area (Å²) < 4.78 is 5.47. The van der Waals surface area contributed by atoms with Crippen LogP contribution in [0.15, 0.2) is 12.2 Å². The van der Waals surface area contributed by atoms with Crippen LogP contribution in [-0.2, 0) is 9.22 Å². The van der Waals surface area contributed by atoms with E-state index < -0.39 is 8.32 Å². The summed E-state index contributed by atoms with van der Waals surface area (Å²) in [5.41, 5.74) is 0. The van der Waals surface area contributed by atoms with Gasteiger partial charge in [-0.15, -0.1) is 0 Å². The lowest BCUT2D eigenvalue weighted by molar-refractivity contribution is -0.135. The lowest BCUT2D eigenvalue weighted by atomic mass is 10.1. The van der Waals surface area contributed by atoms with Crippen molar-refractivity contribution < 1.29 is 9.22 Å². The van der Waals surface area contributed by atoms with Crippen LogP contribution in [0.5, 0.6) is 0 Å². The van der Waals surface area contributed by atoms with E-state index in [1.165, 1.54) is 103 Å². The zero-order chi connectivity index (χ0) is 20.9. The van der Waals surface area contributed by atoms with E-state index >= 15 is 0 Å². The predicted octanol–water partition coefficient (Wildman–Crippen LogP) is 8.96. The Hall–Kier alpha value is -0.573. The predicted molar refractivity (Wildman–Crippen MR) is 127 cm³/mol. The smallest absolute Gasteiger partial charge is 0.292 e. The van der Waals surface area contributed by atoms with Gasteiger partial charge in [0.25, 0.3) is 5.97 Å². The van der Waals surface area contributed by atoms with Crippen LogP contribution in [0.4, 0.5) is 0 Å². The van der Waals surface area contributed by atoms with E-state index in [1.807, 2.05) is 0 Å². The molecule has 0 N–H and O–H groups in total. The molecule has 0 saturated heterocycles. The molecule has 166 valence electrons. The summed E-state index contributed by atoms with van der Waals surface area (Å²) in [6.45, 7) is 8.48. The van der Waals surface area contributed by atoms with Crippen molar-refractivity contribution in [3.05, 3.63) is 12.2 Å². The SMILES string of the molecule is CCCCCCCCC=CCCCCCCCCCCCC(=O)O[Si](C)(C)C. The lowest BCUT2D eigenvalue weighted by Crippen LogP contribution is -2.28. The second kappa shape index (κ2) is 19.7. The molecule has 0 aromatic carbocycles. The minimum atomic E-state index is -1.69. The normalized spacial score (nSPS) is 12.0. The Morgan fingerprint density at radius 2 is 1.04 bits per heavy atom. The molecule has 0 aromatic rings. The number of unbranched alkanes of at least 4 members (excludes halogenated alkanes) is 15. The fraction of sp³-hybridized carbons (Fsp3) is 0.880. The molecule has 0 aliphatic heterocycles. The summed E-state index contributed by atoms with van der Waals surface area (Å²) in [7, 11) is -1.69. The van der Waals surface area contributed by atoms with Crippen LogP contribution >= 0.6 is 0 Å². The van der Waals surface area contributed by atoms with Gasteiger partial charge in [-0.2, -0.15) is 0 Å². The highest BCUT2D eigenvalue weighted by molar-refractivity contribution is 6.71. The van der Waals surface area contributed by atoms with E-state index in [9.17, 15) is 4.79 Å². The first-order valence-corrected chi connectivity index (χ1v) is 15.7. The van der Waals surface area contributed by atoms with E-state index in [0.717, 1.165) is 6.42 Å². The molecule has 28 heavy (non-hydrogen) atoms. The van der Waals surface area contributed by atoms with Crippen LogP contribution in [0.3, 0.4) is 0 Å². The molecular weight excluding hydrogens is 360 g/mol. The third kappa shape index (κ3) is 23.5. The van der Waals surface area contributed by atoms with Gasteiger partial charge in [-0.25, -0.2) is 0 Å². The highest BCUT2D eigenvalue weighted by Gasteiger charge is 2.19. The van der Waals surface area contributed by atoms with Gasteiger partial charge in [-0.1, -0.05) is 96.1 Å². The third-order valence-electron chi connectivity index (χ3n) is 5.06. The van der Waals surface area contributed by atoms with Crippen LogP contribution in [0, 0.1) is 0 Å². The van der Waals surface area contributed by atoms with Crippen LogP contribution < -0.4 is 0 Å². The highest BCUT2D eigenvalue weighted by atomic mass is 28.4. The van der Waals surface area contributed by atoms with Crippen molar-refractivity contribution in [2.24, 2.45) is 0 Å². The molecule has 0 amide bonds. The maximum atomic E-state index is 11.6. The Morgan fingerprint density at radius 1 is 0.643 bits per heavy atom. The van der Waals surface area contributed by atoms with Crippen molar-refractivity contribution in [3.8, 4) is 0 Å². The molecule has 0 rings (SSSR count). The van der Waals surface area contributed by atoms with Gasteiger partial charge in [0.1, 0.15) is 0 Å². The van der Waals surface area contributed by atoms with E-state index in [0.29, 0.717) is 6.42 Å². The Labute approximate surface area is 178 Å². The number of carbonyl (C=O) groups is 1. The second-order valence-electron chi connectivity index (χ2n) is 9.33. The topological polar surface area (TPSA) is 26.3 Å². The van der Waals surface area contributed by atoms with Crippen molar-refractivity contribution in [3.63, 3.8) is 0 Å². The van der Waals surface area contributed by atoms with Gasteiger partial charge in [-0.05, 0) is 51.7 Å². The van der Waals surface area contributed by atoms with Crippen LogP contribution in [-0.4, -0.2) is 14.3 Å². The number of allylic oxidation sites excluding steroid dienone is 2. The van der Waals surface area contributed by atoms with E-state index in [2.05, 4.69) is 38.7 Å². The Balaban J connectivity index is 3.19. The molecule has 0 bridgehead atoms. The average molecular weight is 411 g/mol. The van der Waals surface area contributed by atoms with E-state index in [-0.39, 0.29) is 5.97 Å². The molecule has 0 aliphatic carbocycles. The molecule has 0 unspecified atom stereocenters. The first kappa shape index (κ1) is 27.4. The number of rotatable bonds is 20. The second-order valence-corrected chi connectivity index (χ2v) is 13.8. The Bertz CT molecular complexity index is 371. The molecule has 3 heteroatoms. The monoisotopic (exact) mass is 410 g/mol. The first-order chi connectivity index (χ1) is 13.5. The van der Waals surface area contributed by atoms with Crippen molar-refractivity contribution in [1.29, 1.82) is 0 Å². The van der Waals surface area contributed by atoms with Gasteiger partial charge in [0.2, 0.25) is 8.32 Å². The molecule has 0 fully saturated rings. The Morgan fingerprint density at radius 3 is 1.46 bits per heavy atom. The van der Waals surface area contributed by atoms with Crippen molar-refractivity contribution in [2.45, 2.75) is 142 Å². The summed E-state index contributed by atoms with van der Waals surface area (Å²) in [5, 5.41) is 0. The summed E-state index contributed by atoms with van der Waals surface area (Å²) in [4.78, 5) is 11.6. The van der Waals surface area contributed by atoms with E-state index in [1.54, 1.807) is 0 Å². The number of hydrogen-bond acceptors (Lipinski definition) is 2. The number of hydrogen-bond donors (Lipinski definition) is 0. The maximum absolute atomic E-state index is 11.6. The molecule has 0 aromatic heterocycles. The minimum absolute atomic E-state index is 0.0141. The minimum Gasteiger partial charge on any atom is -0.520 e. The summed E-state index contributed by atoms with van der Waals surface area (Å²) >= 11 is 0. The van der Waals surface area contributed by atoms with Crippen LogP contribution in [0.2, 0.25) is 19.6 Å². The van der Waals surface area contributed by atoms with Crippen molar-refractivity contribution >= 4 is 14.3 Å². The van der Waals surface area contributed by atoms with Gasteiger partial charge < -0.3 is 4.43 Å². The summed E-state index contributed by atoms with van der Waals surface area (Å²) in [6.07, 6.45) is 27.9. The zero-order valence-corrected chi connectivity index (χ0v) is 20.7. The third-order valence-corrected chi connectivity index (χ3v) is 5.90. The molecule has 0 saturated carbocycles. The van der Waals surface area contributed by atoms with Crippen LogP contribution in [0.25, 0.3) is 0 Å². The zero-order valence-electron chi connectivity index (χ0n) is 19.7. The van der Waals surface area contributed by atoms with Crippen LogP contribution in [0.1, 0.15) is 122 Å². The lowest BCUT2D eigenvalue weighted by Gasteiger charge is -2.17. The quantitative estimate of drug-likeness (QED) is 0.114. The molecule has 2 nitrogen and oxygen atoms in total. The molecule has 0 spiro atoms. The van der Waals surface area contributed by atoms with E-state index in [4.69, 9.17) is 4.43 Å². The molecule has 0 radical (unpaired) electrons. The molecule has 0 aliphatic rings. The number of carbonyl (C=O) groups excluding carboxylic acids is 1. The molecule has 0 heterocycles. The largest absolute Gasteiger partial charge is 0.520 e. The van der Waals surface area contributed by atoms with Gasteiger partial charge in [0.15, 0.2) is 0 Å². The fourth-order valence-electron chi connectivity index (χ4n) is 3.44. The maximum Gasteiger partial charge on any atom is 0.292 e. The standard InChI is InChI=1S/C25H50O2Si/c1-5-6-7-8-9-10-11-12-13-14-15-16-17-18-19-20-21-22-23-24-25(26)27-28(2,3)4/h12-13H,5-11,14-24H2,1-4H3. The first-order valence-electron chi connectivity index (χ1n) is 12.3. The fourth-order valence-corrected chi connectivity index (χ4v) is 4.22. The molecule has 0 atom stereocenters. The van der Waals surface area contributed by atoms with Gasteiger partial charge >= 0.3 is 0 Å². The van der Waals surface area contributed by atoms with Gasteiger partial charge in [0.05, 0.1) is 0 Å². The summed E-state index contributed by atoms with van der Waals surface area (Å²) in [5.74, 6) is 0.0141. The average Bonchev–Trinajstić information content (AvgIpc) is 2.62. The van der Waals surface area contributed by atoms with Crippen molar-refractivity contribution in [1.82, 2.24) is 0 Å².